The lowest BCUT2D eigenvalue weighted by atomic mass is 9.73. The smallest absolute Gasteiger partial charge is 0.384 e. The molecule has 0 amide bonds. The molecule has 2 N–H and O–H groups in total. The number of carbonyl (C=O) groups excluding carboxylic acids is 1. The van der Waals surface area contributed by atoms with Crippen molar-refractivity contribution in [2.24, 2.45) is 4.99 Å². The van der Waals surface area contributed by atoms with Gasteiger partial charge in [0.05, 0.1) is 11.0 Å². The van der Waals surface area contributed by atoms with E-state index < -0.39 is 29.9 Å². The number of nitrogens with one attached hydrogen (secondary N) is 2. The number of rotatable bonds is 4. The Kier molecular flexibility index (Phi) is 5.70. The largest absolute Gasteiger partial charge is 0.416 e. The summed E-state index contributed by atoms with van der Waals surface area (Å²) in [6, 6.07) is 2.44. The quantitative estimate of drug-likeness (QED) is 0.329. The van der Waals surface area contributed by atoms with Crippen molar-refractivity contribution >= 4 is 12.1 Å². The molecule has 4 nitrogen and oxygen atoms in total. The monoisotopic (exact) mass is 431 g/mol. The molecule has 0 aromatic heterocycles. The predicted octanol–water partition coefficient (Wildman–Crippen LogP) is 3.88. The molecule has 162 valence electrons. The number of aliphatic imine (C=N–C) groups is 1. The van der Waals surface area contributed by atoms with Crippen molar-refractivity contribution in [1.82, 2.24) is 10.6 Å². The summed E-state index contributed by atoms with van der Waals surface area (Å²) in [5.74, 6) is -0.236. The first-order valence-corrected chi connectivity index (χ1v) is 9.11. The second-order valence-electron chi connectivity index (χ2n) is 7.13. The van der Waals surface area contributed by atoms with Crippen LogP contribution in [0.1, 0.15) is 29.5 Å². The Balaban J connectivity index is 2.19. The van der Waals surface area contributed by atoms with Crippen LogP contribution in [0.15, 0.2) is 47.1 Å². The number of hydrogen-bond acceptors (Lipinski definition) is 3. The van der Waals surface area contributed by atoms with Crippen molar-refractivity contribution < 1.29 is 31.1 Å². The zero-order valence-corrected chi connectivity index (χ0v) is 15.9. The fourth-order valence-corrected chi connectivity index (χ4v) is 4.00. The number of alkyl halides is 6. The Morgan fingerprint density at radius 1 is 1.30 bits per heavy atom. The van der Waals surface area contributed by atoms with Crippen LogP contribution in [0.3, 0.4) is 0 Å². The van der Waals surface area contributed by atoms with E-state index in [1.165, 1.54) is 7.05 Å². The summed E-state index contributed by atoms with van der Waals surface area (Å²) >= 11 is 0. The van der Waals surface area contributed by atoms with Gasteiger partial charge in [-0.15, -0.1) is 0 Å². The number of nitrogens with zero attached hydrogens (tertiary/aromatic N) is 1. The maximum atomic E-state index is 13.4. The van der Waals surface area contributed by atoms with Crippen molar-refractivity contribution in [3.63, 3.8) is 0 Å². The molecule has 1 heterocycles. The molecule has 1 saturated carbocycles. The summed E-state index contributed by atoms with van der Waals surface area (Å²) in [5, 5.41) is 5.21. The third-order valence-corrected chi connectivity index (χ3v) is 5.35. The third-order valence-electron chi connectivity index (χ3n) is 5.35. The number of hydrogen-bond donors (Lipinski definition) is 2. The molecule has 1 aliphatic heterocycles. The van der Waals surface area contributed by atoms with E-state index in [2.05, 4.69) is 15.6 Å². The van der Waals surface area contributed by atoms with Crippen molar-refractivity contribution in [2.75, 3.05) is 13.6 Å². The van der Waals surface area contributed by atoms with Crippen LogP contribution in [-0.4, -0.2) is 37.9 Å². The van der Waals surface area contributed by atoms with Crippen LogP contribution in [0.5, 0.6) is 0 Å². The maximum Gasteiger partial charge on any atom is 0.416 e. The van der Waals surface area contributed by atoms with Gasteiger partial charge >= 0.3 is 12.4 Å². The lowest BCUT2D eigenvalue weighted by Gasteiger charge is -2.31. The topological polar surface area (TPSA) is 53.5 Å². The van der Waals surface area contributed by atoms with Gasteiger partial charge in [0.15, 0.2) is 0 Å². The summed E-state index contributed by atoms with van der Waals surface area (Å²) in [6.07, 6.45) is -2.98. The van der Waals surface area contributed by atoms with E-state index in [1.807, 2.05) is 0 Å². The molecule has 0 spiro atoms. The SMILES string of the molecule is C/N=C(/NCC(F)(F)F)c1ccc(C(F)(F)F)cc1C1(C=O)CCC2NC=CC=C21. The Labute approximate surface area is 168 Å². The third kappa shape index (κ3) is 4.08. The van der Waals surface area contributed by atoms with Crippen LogP contribution >= 0.6 is 0 Å². The number of halogens is 6. The van der Waals surface area contributed by atoms with Crippen molar-refractivity contribution in [1.29, 1.82) is 0 Å². The molecular weight excluding hydrogens is 412 g/mol. The van der Waals surface area contributed by atoms with Gasteiger partial charge in [-0.3, -0.25) is 4.99 Å². The predicted molar refractivity (Wildman–Crippen MR) is 99.1 cm³/mol. The zero-order valence-electron chi connectivity index (χ0n) is 15.9. The minimum Gasteiger partial charge on any atom is -0.384 e. The Morgan fingerprint density at radius 2 is 2.03 bits per heavy atom. The van der Waals surface area contributed by atoms with E-state index in [-0.39, 0.29) is 29.4 Å². The van der Waals surface area contributed by atoms with Gasteiger partial charge in [0.25, 0.3) is 0 Å². The van der Waals surface area contributed by atoms with Crippen LogP contribution in [0.2, 0.25) is 0 Å². The molecule has 3 rings (SSSR count). The molecule has 2 unspecified atom stereocenters. The van der Waals surface area contributed by atoms with Gasteiger partial charge in [-0.05, 0) is 48.4 Å². The Morgan fingerprint density at radius 3 is 2.63 bits per heavy atom. The summed E-state index contributed by atoms with van der Waals surface area (Å²) < 4.78 is 78.4. The van der Waals surface area contributed by atoms with Gasteiger partial charge in [-0.2, -0.15) is 26.3 Å². The molecule has 30 heavy (non-hydrogen) atoms. The molecular formula is C20H19F6N3O. The molecule has 2 aliphatic rings. The minimum absolute atomic E-state index is 0.0200. The fraction of sp³-hybridized carbons (Fsp3) is 0.400. The van der Waals surface area contributed by atoms with E-state index in [1.54, 1.807) is 18.4 Å². The lowest BCUT2D eigenvalue weighted by Crippen LogP contribution is -2.39. The van der Waals surface area contributed by atoms with E-state index in [0.717, 1.165) is 18.2 Å². The van der Waals surface area contributed by atoms with Crippen molar-refractivity contribution in [3.05, 3.63) is 58.8 Å². The summed E-state index contributed by atoms with van der Waals surface area (Å²) in [4.78, 5) is 16.1. The van der Waals surface area contributed by atoms with Crippen LogP contribution in [0.25, 0.3) is 0 Å². The van der Waals surface area contributed by atoms with Crippen molar-refractivity contribution in [2.45, 2.75) is 36.7 Å². The number of amidine groups is 1. The molecule has 1 aromatic carbocycles. The van der Waals surface area contributed by atoms with Gasteiger partial charge in [-0.25, -0.2) is 0 Å². The standard InChI is InChI=1S/C20H19F6N3O/c1-27-17(29-10-19(21,22)23)13-5-4-12(20(24,25)26)9-15(13)18(11-30)7-6-16-14(18)3-2-8-28-16/h2-5,8-9,11,16,28H,6-7,10H2,1H3,(H,27,29). The number of carbonyl (C=O) groups is 1. The highest BCUT2D eigenvalue weighted by Crippen LogP contribution is 2.47. The number of aldehydes is 1. The first-order chi connectivity index (χ1) is 14.0. The van der Waals surface area contributed by atoms with Crippen LogP contribution in [-0.2, 0) is 16.4 Å². The second-order valence-corrected chi connectivity index (χ2v) is 7.13. The molecule has 1 fully saturated rings. The summed E-state index contributed by atoms with van der Waals surface area (Å²) in [5.41, 5.74) is -1.81. The highest BCUT2D eigenvalue weighted by Gasteiger charge is 2.48. The van der Waals surface area contributed by atoms with Gasteiger partial charge in [-0.1, -0.05) is 12.1 Å². The Bertz CT molecular complexity index is 916. The normalized spacial score (nSPS) is 24.2. The average molecular weight is 431 g/mol. The van der Waals surface area contributed by atoms with E-state index in [4.69, 9.17) is 0 Å². The highest BCUT2D eigenvalue weighted by molar-refractivity contribution is 6.02. The summed E-state index contributed by atoms with van der Waals surface area (Å²) in [6.45, 7) is -1.41. The van der Waals surface area contributed by atoms with Crippen molar-refractivity contribution in [3.8, 4) is 0 Å². The van der Waals surface area contributed by atoms with Gasteiger partial charge < -0.3 is 15.4 Å². The highest BCUT2D eigenvalue weighted by atomic mass is 19.4. The zero-order chi connectivity index (χ0) is 22.2. The second kappa shape index (κ2) is 7.81. The molecule has 0 bridgehead atoms. The first-order valence-electron chi connectivity index (χ1n) is 9.11. The van der Waals surface area contributed by atoms with Crippen LogP contribution in [0, 0.1) is 0 Å². The van der Waals surface area contributed by atoms with E-state index in [9.17, 15) is 31.1 Å². The molecule has 0 radical (unpaired) electrons. The maximum absolute atomic E-state index is 13.4. The number of benzene rings is 1. The molecule has 2 atom stereocenters. The molecule has 1 aromatic rings. The van der Waals surface area contributed by atoms with Gasteiger partial charge in [0.1, 0.15) is 18.7 Å². The van der Waals surface area contributed by atoms with Gasteiger partial charge in [0, 0.05) is 18.7 Å². The average Bonchev–Trinajstić information content (AvgIpc) is 3.07. The first kappa shape index (κ1) is 21.9. The van der Waals surface area contributed by atoms with E-state index in [0.29, 0.717) is 18.3 Å². The van der Waals surface area contributed by atoms with E-state index >= 15 is 0 Å². The summed E-state index contributed by atoms with van der Waals surface area (Å²) in [7, 11) is 1.23. The van der Waals surface area contributed by atoms with Crippen LogP contribution < -0.4 is 10.6 Å². The minimum atomic E-state index is -4.68. The number of dihydropyridines is 1. The lowest BCUT2D eigenvalue weighted by molar-refractivity contribution is -0.137. The molecule has 0 saturated heterocycles. The fourth-order valence-electron chi connectivity index (χ4n) is 4.00. The number of allylic oxidation sites excluding steroid dienone is 2. The molecule has 10 heteroatoms. The Hall–Kier alpha value is -2.78. The van der Waals surface area contributed by atoms with Gasteiger partial charge in [0.2, 0.25) is 0 Å². The molecule has 1 aliphatic carbocycles. The van der Waals surface area contributed by atoms with Crippen LogP contribution in [0.4, 0.5) is 26.3 Å². The number of fused-ring (bicyclic) bond motifs is 1.